The lowest BCUT2D eigenvalue weighted by Crippen LogP contribution is -2.27. The fourth-order valence-corrected chi connectivity index (χ4v) is 2.52. The largest absolute Gasteiger partial charge is 0.350 e. The zero-order valence-corrected chi connectivity index (χ0v) is 13.8. The lowest BCUT2D eigenvalue weighted by molar-refractivity contribution is -0.121. The summed E-state index contributed by atoms with van der Waals surface area (Å²) in [5, 5.41) is 7.12. The summed E-state index contributed by atoms with van der Waals surface area (Å²) in [6, 6.07) is 7.85. The second kappa shape index (κ2) is 7.08. The van der Waals surface area contributed by atoms with Crippen molar-refractivity contribution in [3.63, 3.8) is 0 Å². The van der Waals surface area contributed by atoms with Gasteiger partial charge in [-0.2, -0.15) is 5.10 Å². The standard InChI is InChI=1S/C17H20N6O/c1-13(21-17(24)7-9-22-10-8-19-14(22)2)15-3-5-16(6-4-15)23-12-18-11-20-23/h3-6,8,10-13H,7,9H2,1-2H3,(H,21,24)/t13-/m1/s1. The molecule has 1 N–H and O–H groups in total. The molecule has 1 atom stereocenters. The molecule has 1 amide bonds. The number of amides is 1. The summed E-state index contributed by atoms with van der Waals surface area (Å²) < 4.78 is 3.66. The van der Waals surface area contributed by atoms with Gasteiger partial charge in [0.2, 0.25) is 5.91 Å². The lowest BCUT2D eigenvalue weighted by Gasteiger charge is -2.15. The van der Waals surface area contributed by atoms with Crippen molar-refractivity contribution in [2.45, 2.75) is 32.9 Å². The van der Waals surface area contributed by atoms with Crippen LogP contribution in [-0.4, -0.2) is 30.2 Å². The number of carbonyl (C=O) groups is 1. The first-order chi connectivity index (χ1) is 11.6. The number of hydrogen-bond acceptors (Lipinski definition) is 4. The molecule has 24 heavy (non-hydrogen) atoms. The highest BCUT2D eigenvalue weighted by Gasteiger charge is 2.10. The van der Waals surface area contributed by atoms with Crippen molar-refractivity contribution in [2.75, 3.05) is 0 Å². The van der Waals surface area contributed by atoms with Crippen LogP contribution in [0.25, 0.3) is 5.69 Å². The van der Waals surface area contributed by atoms with Gasteiger partial charge in [-0.25, -0.2) is 14.6 Å². The molecule has 0 aliphatic heterocycles. The predicted octanol–water partition coefficient (Wildman–Crippen LogP) is 2.04. The third-order valence-corrected chi connectivity index (χ3v) is 3.96. The van der Waals surface area contributed by atoms with E-state index in [0.29, 0.717) is 13.0 Å². The summed E-state index contributed by atoms with van der Waals surface area (Å²) in [7, 11) is 0. The summed E-state index contributed by atoms with van der Waals surface area (Å²) in [4.78, 5) is 20.2. The van der Waals surface area contributed by atoms with Crippen LogP contribution in [0.1, 0.15) is 30.8 Å². The minimum atomic E-state index is -0.0498. The van der Waals surface area contributed by atoms with Gasteiger partial charge in [-0.3, -0.25) is 4.79 Å². The van der Waals surface area contributed by atoms with Gasteiger partial charge in [-0.1, -0.05) is 12.1 Å². The maximum absolute atomic E-state index is 12.1. The van der Waals surface area contributed by atoms with Crippen molar-refractivity contribution in [1.29, 1.82) is 0 Å². The van der Waals surface area contributed by atoms with Crippen LogP contribution in [-0.2, 0) is 11.3 Å². The van der Waals surface area contributed by atoms with Crippen LogP contribution in [0.15, 0.2) is 49.3 Å². The van der Waals surface area contributed by atoms with E-state index in [9.17, 15) is 4.79 Å². The molecule has 3 rings (SSSR count). The van der Waals surface area contributed by atoms with Crippen LogP contribution < -0.4 is 5.32 Å². The Hall–Kier alpha value is -2.96. The van der Waals surface area contributed by atoms with Gasteiger partial charge in [0.1, 0.15) is 18.5 Å². The molecule has 0 aliphatic rings. The van der Waals surface area contributed by atoms with Crippen molar-refractivity contribution in [2.24, 2.45) is 0 Å². The van der Waals surface area contributed by atoms with Crippen LogP contribution in [0.3, 0.4) is 0 Å². The van der Waals surface area contributed by atoms with Crippen molar-refractivity contribution in [3.8, 4) is 5.69 Å². The Bertz CT molecular complexity index is 791. The monoisotopic (exact) mass is 324 g/mol. The Kier molecular flexibility index (Phi) is 4.69. The summed E-state index contributed by atoms with van der Waals surface area (Å²) in [6.07, 6.45) is 7.21. The number of aromatic nitrogens is 5. The van der Waals surface area contributed by atoms with Gasteiger partial charge >= 0.3 is 0 Å². The average Bonchev–Trinajstić information content (AvgIpc) is 3.25. The van der Waals surface area contributed by atoms with Crippen LogP contribution >= 0.6 is 0 Å². The smallest absolute Gasteiger partial charge is 0.222 e. The topological polar surface area (TPSA) is 77.6 Å². The molecule has 0 aliphatic carbocycles. The summed E-state index contributed by atoms with van der Waals surface area (Å²) in [5.41, 5.74) is 1.98. The van der Waals surface area contributed by atoms with Gasteiger partial charge in [-0.05, 0) is 31.5 Å². The van der Waals surface area contributed by atoms with Gasteiger partial charge in [0, 0.05) is 25.4 Å². The minimum absolute atomic E-state index is 0.0240. The number of nitrogens with one attached hydrogen (secondary N) is 1. The van der Waals surface area contributed by atoms with E-state index in [1.54, 1.807) is 17.2 Å². The molecule has 0 saturated carbocycles. The number of rotatable bonds is 6. The van der Waals surface area contributed by atoms with E-state index in [-0.39, 0.29) is 11.9 Å². The van der Waals surface area contributed by atoms with Crippen LogP contribution in [0.2, 0.25) is 0 Å². The highest BCUT2D eigenvalue weighted by Crippen LogP contribution is 2.15. The maximum Gasteiger partial charge on any atom is 0.222 e. The predicted molar refractivity (Wildman–Crippen MR) is 89.5 cm³/mol. The Morgan fingerprint density at radius 2 is 2.08 bits per heavy atom. The molecular formula is C17H20N6O. The number of imidazole rings is 1. The van der Waals surface area contributed by atoms with Crippen LogP contribution in [0, 0.1) is 6.92 Å². The van der Waals surface area contributed by atoms with Gasteiger partial charge in [-0.15, -0.1) is 0 Å². The third kappa shape index (κ3) is 3.68. The van der Waals surface area contributed by atoms with Crippen LogP contribution in [0.5, 0.6) is 0 Å². The minimum Gasteiger partial charge on any atom is -0.350 e. The molecular weight excluding hydrogens is 304 g/mol. The molecule has 0 unspecified atom stereocenters. The van der Waals surface area contributed by atoms with Crippen molar-refractivity contribution >= 4 is 5.91 Å². The molecule has 0 bridgehead atoms. The zero-order chi connectivity index (χ0) is 16.9. The average molecular weight is 324 g/mol. The molecule has 0 spiro atoms. The second-order valence-corrected chi connectivity index (χ2v) is 5.64. The van der Waals surface area contributed by atoms with E-state index in [4.69, 9.17) is 0 Å². The van der Waals surface area contributed by atoms with Crippen molar-refractivity contribution in [3.05, 3.63) is 60.7 Å². The molecule has 1 aromatic carbocycles. The summed E-state index contributed by atoms with van der Waals surface area (Å²) >= 11 is 0. The van der Waals surface area contributed by atoms with Crippen molar-refractivity contribution < 1.29 is 4.79 Å². The third-order valence-electron chi connectivity index (χ3n) is 3.96. The SMILES string of the molecule is Cc1nccn1CCC(=O)N[C@H](C)c1ccc(-n2cncn2)cc1. The Balaban J connectivity index is 1.55. The van der Waals surface area contributed by atoms with Gasteiger partial charge in [0.15, 0.2) is 0 Å². The van der Waals surface area contributed by atoms with Crippen molar-refractivity contribution in [1.82, 2.24) is 29.6 Å². The first kappa shape index (κ1) is 15.9. The highest BCUT2D eigenvalue weighted by atomic mass is 16.1. The number of benzene rings is 1. The Morgan fingerprint density at radius 3 is 2.71 bits per heavy atom. The first-order valence-electron chi connectivity index (χ1n) is 7.85. The lowest BCUT2D eigenvalue weighted by atomic mass is 10.1. The second-order valence-electron chi connectivity index (χ2n) is 5.64. The molecule has 3 aromatic rings. The molecule has 124 valence electrons. The quantitative estimate of drug-likeness (QED) is 0.753. The molecule has 7 nitrogen and oxygen atoms in total. The summed E-state index contributed by atoms with van der Waals surface area (Å²) in [6.45, 7) is 4.54. The fraction of sp³-hybridized carbons (Fsp3) is 0.294. The van der Waals surface area contributed by atoms with Gasteiger partial charge in [0.05, 0.1) is 11.7 Å². The fourth-order valence-electron chi connectivity index (χ4n) is 2.52. The van der Waals surface area contributed by atoms with E-state index in [0.717, 1.165) is 17.1 Å². The Morgan fingerprint density at radius 1 is 1.29 bits per heavy atom. The van der Waals surface area contributed by atoms with E-state index >= 15 is 0 Å². The normalized spacial score (nSPS) is 12.1. The zero-order valence-electron chi connectivity index (χ0n) is 13.8. The van der Waals surface area contributed by atoms with E-state index in [1.165, 1.54) is 6.33 Å². The number of nitrogens with zero attached hydrogens (tertiary/aromatic N) is 5. The van der Waals surface area contributed by atoms with Crippen LogP contribution in [0.4, 0.5) is 0 Å². The van der Waals surface area contributed by atoms with E-state index in [2.05, 4.69) is 20.4 Å². The molecule has 7 heteroatoms. The number of carbonyl (C=O) groups excluding carboxylic acids is 1. The molecule has 0 radical (unpaired) electrons. The molecule has 0 saturated heterocycles. The van der Waals surface area contributed by atoms with E-state index < -0.39 is 0 Å². The number of aryl methyl sites for hydroxylation is 2. The van der Waals surface area contributed by atoms with E-state index in [1.807, 2.05) is 48.9 Å². The highest BCUT2D eigenvalue weighted by molar-refractivity contribution is 5.76. The molecule has 2 heterocycles. The summed E-state index contributed by atoms with van der Waals surface area (Å²) in [5.74, 6) is 0.940. The Labute approximate surface area is 140 Å². The first-order valence-corrected chi connectivity index (χ1v) is 7.85. The maximum atomic E-state index is 12.1. The van der Waals surface area contributed by atoms with Gasteiger partial charge < -0.3 is 9.88 Å². The van der Waals surface area contributed by atoms with Gasteiger partial charge in [0.25, 0.3) is 0 Å². The number of hydrogen-bond donors (Lipinski definition) is 1. The molecule has 2 aromatic heterocycles. The molecule has 0 fully saturated rings.